The number of aromatic carboxylic acids is 1. The van der Waals surface area contributed by atoms with Crippen molar-refractivity contribution in [3.8, 4) is 0 Å². The lowest BCUT2D eigenvalue weighted by Gasteiger charge is -2.24. The first kappa shape index (κ1) is 14.2. The van der Waals surface area contributed by atoms with Crippen molar-refractivity contribution in [3.63, 3.8) is 0 Å². The number of amidine groups is 1. The molecule has 1 aromatic rings. The standard InChI is InChI=1S/C15H18N2O3/c1-8(2)17-13(16-10(4)14(17)18)12-7-9(3)5-6-11(12)15(19)20/h5-8,10H,1-4H3,(H,19,20). The minimum Gasteiger partial charge on any atom is -0.478 e. The Hall–Kier alpha value is -2.17. The van der Waals surface area contributed by atoms with Gasteiger partial charge >= 0.3 is 5.97 Å². The van der Waals surface area contributed by atoms with Crippen LogP contribution < -0.4 is 0 Å². The summed E-state index contributed by atoms with van der Waals surface area (Å²) >= 11 is 0. The molecule has 2 rings (SSSR count). The average Bonchev–Trinajstić information content (AvgIpc) is 2.65. The normalized spacial score (nSPS) is 18.6. The van der Waals surface area contributed by atoms with E-state index in [1.165, 1.54) is 0 Å². The summed E-state index contributed by atoms with van der Waals surface area (Å²) < 4.78 is 0. The van der Waals surface area contributed by atoms with E-state index >= 15 is 0 Å². The predicted octanol–water partition coefficient (Wildman–Crippen LogP) is 2.08. The molecule has 1 unspecified atom stereocenters. The van der Waals surface area contributed by atoms with E-state index in [1.807, 2.05) is 20.8 Å². The molecule has 0 saturated heterocycles. The van der Waals surface area contributed by atoms with Crippen LogP contribution in [0.2, 0.25) is 0 Å². The minimum absolute atomic E-state index is 0.0617. The van der Waals surface area contributed by atoms with Crippen LogP contribution in [0, 0.1) is 6.92 Å². The molecular weight excluding hydrogens is 256 g/mol. The fourth-order valence-electron chi connectivity index (χ4n) is 2.33. The van der Waals surface area contributed by atoms with Crippen LogP contribution in [0.1, 0.15) is 42.3 Å². The highest BCUT2D eigenvalue weighted by Crippen LogP contribution is 2.23. The van der Waals surface area contributed by atoms with E-state index in [1.54, 1.807) is 30.0 Å². The summed E-state index contributed by atoms with van der Waals surface area (Å²) in [5, 5.41) is 9.32. The third-order valence-corrected chi connectivity index (χ3v) is 3.30. The Balaban J connectivity index is 2.60. The number of carbonyl (C=O) groups excluding carboxylic acids is 1. The van der Waals surface area contributed by atoms with Gasteiger partial charge in [0.15, 0.2) is 0 Å². The molecule has 106 valence electrons. The summed E-state index contributed by atoms with van der Waals surface area (Å²) in [4.78, 5) is 29.5. The molecule has 0 aromatic heterocycles. The maximum Gasteiger partial charge on any atom is 0.336 e. The zero-order valence-corrected chi connectivity index (χ0v) is 12.0. The average molecular weight is 274 g/mol. The highest BCUT2D eigenvalue weighted by Gasteiger charge is 2.35. The number of benzene rings is 1. The third-order valence-electron chi connectivity index (χ3n) is 3.30. The lowest BCUT2D eigenvalue weighted by Crippen LogP contribution is -2.40. The number of aliphatic imine (C=N–C) groups is 1. The van der Waals surface area contributed by atoms with Gasteiger partial charge in [0.25, 0.3) is 5.91 Å². The van der Waals surface area contributed by atoms with Crippen molar-refractivity contribution >= 4 is 17.7 Å². The van der Waals surface area contributed by atoms with Crippen LogP contribution in [0.25, 0.3) is 0 Å². The lowest BCUT2D eigenvalue weighted by molar-refractivity contribution is -0.128. The van der Waals surface area contributed by atoms with Gasteiger partial charge in [-0.3, -0.25) is 14.7 Å². The summed E-state index contributed by atoms with van der Waals surface area (Å²) in [5.41, 5.74) is 1.61. The van der Waals surface area contributed by atoms with Crippen LogP contribution >= 0.6 is 0 Å². The van der Waals surface area contributed by atoms with Crippen LogP contribution in [0.3, 0.4) is 0 Å². The smallest absolute Gasteiger partial charge is 0.336 e. The number of rotatable bonds is 3. The van der Waals surface area contributed by atoms with Gasteiger partial charge in [-0.15, -0.1) is 0 Å². The molecular formula is C15H18N2O3. The number of hydrogen-bond donors (Lipinski definition) is 1. The maximum absolute atomic E-state index is 12.2. The second-order valence-electron chi connectivity index (χ2n) is 5.28. The van der Waals surface area contributed by atoms with E-state index in [4.69, 9.17) is 0 Å². The van der Waals surface area contributed by atoms with Crippen molar-refractivity contribution in [1.29, 1.82) is 0 Å². The van der Waals surface area contributed by atoms with Gasteiger partial charge in [0, 0.05) is 11.6 Å². The zero-order chi connectivity index (χ0) is 15.0. The molecule has 0 radical (unpaired) electrons. The van der Waals surface area contributed by atoms with Gasteiger partial charge < -0.3 is 5.11 Å². The summed E-state index contributed by atoms with van der Waals surface area (Å²) in [5.74, 6) is -0.648. The number of aryl methyl sites for hydroxylation is 1. The molecule has 1 aliphatic rings. The minimum atomic E-state index is -1.02. The Morgan fingerprint density at radius 1 is 1.40 bits per heavy atom. The first-order valence-corrected chi connectivity index (χ1v) is 6.58. The van der Waals surface area contributed by atoms with Crippen LogP contribution in [0.5, 0.6) is 0 Å². The SMILES string of the molecule is Cc1ccc(C(=O)O)c(C2=NC(C)C(=O)N2C(C)C)c1. The molecule has 1 heterocycles. The summed E-state index contributed by atoms with van der Waals surface area (Å²) in [7, 11) is 0. The van der Waals surface area contributed by atoms with Crippen molar-refractivity contribution in [2.45, 2.75) is 39.8 Å². The Morgan fingerprint density at radius 2 is 2.05 bits per heavy atom. The summed E-state index contributed by atoms with van der Waals surface area (Å²) in [6.07, 6.45) is 0. The van der Waals surface area contributed by atoms with Crippen LogP contribution in [-0.2, 0) is 4.79 Å². The molecule has 1 amide bonds. The van der Waals surface area contributed by atoms with E-state index in [0.29, 0.717) is 11.4 Å². The highest BCUT2D eigenvalue weighted by atomic mass is 16.4. The molecule has 0 aliphatic carbocycles. The molecule has 20 heavy (non-hydrogen) atoms. The van der Waals surface area contributed by atoms with Gasteiger partial charge in [-0.2, -0.15) is 0 Å². The van der Waals surface area contributed by atoms with Gasteiger partial charge in [0.1, 0.15) is 11.9 Å². The van der Waals surface area contributed by atoms with Gasteiger partial charge in [-0.05, 0) is 39.8 Å². The van der Waals surface area contributed by atoms with Gasteiger partial charge in [-0.25, -0.2) is 4.79 Å². The predicted molar refractivity (Wildman–Crippen MR) is 76.1 cm³/mol. The Morgan fingerprint density at radius 3 is 2.60 bits per heavy atom. The first-order chi connectivity index (χ1) is 9.32. The molecule has 0 saturated carbocycles. The quantitative estimate of drug-likeness (QED) is 0.917. The van der Waals surface area contributed by atoms with E-state index in [0.717, 1.165) is 5.56 Å². The van der Waals surface area contributed by atoms with E-state index < -0.39 is 12.0 Å². The maximum atomic E-state index is 12.2. The number of hydrogen-bond acceptors (Lipinski definition) is 3. The molecule has 1 aliphatic heterocycles. The molecule has 1 atom stereocenters. The molecule has 5 heteroatoms. The van der Waals surface area contributed by atoms with Gasteiger partial charge in [-0.1, -0.05) is 11.6 Å². The number of carboxylic acid groups (broad SMARTS) is 1. The van der Waals surface area contributed by atoms with Crippen molar-refractivity contribution in [3.05, 3.63) is 34.9 Å². The molecule has 1 N–H and O–H groups in total. The van der Waals surface area contributed by atoms with Gasteiger partial charge in [0.05, 0.1) is 5.56 Å². The molecule has 0 fully saturated rings. The molecule has 1 aromatic carbocycles. The summed E-state index contributed by atoms with van der Waals surface area (Å²) in [6.45, 7) is 7.39. The highest BCUT2D eigenvalue weighted by molar-refractivity contribution is 6.17. The number of nitrogens with zero attached hydrogens (tertiary/aromatic N) is 2. The third kappa shape index (κ3) is 2.31. The Labute approximate surface area is 117 Å². The monoisotopic (exact) mass is 274 g/mol. The van der Waals surface area contributed by atoms with Crippen molar-refractivity contribution in [2.75, 3.05) is 0 Å². The second kappa shape index (κ2) is 5.07. The van der Waals surface area contributed by atoms with Crippen molar-refractivity contribution in [1.82, 2.24) is 4.90 Å². The molecule has 5 nitrogen and oxygen atoms in total. The largest absolute Gasteiger partial charge is 0.478 e. The fraction of sp³-hybridized carbons (Fsp3) is 0.400. The van der Waals surface area contributed by atoms with Gasteiger partial charge in [0.2, 0.25) is 0 Å². The number of carbonyl (C=O) groups is 2. The Kier molecular flexibility index (Phi) is 3.61. The molecule has 0 bridgehead atoms. The van der Waals surface area contributed by atoms with E-state index in [-0.39, 0.29) is 17.5 Å². The zero-order valence-electron chi connectivity index (χ0n) is 12.0. The van der Waals surface area contributed by atoms with Crippen LogP contribution in [0.15, 0.2) is 23.2 Å². The van der Waals surface area contributed by atoms with E-state index in [9.17, 15) is 14.7 Å². The lowest BCUT2D eigenvalue weighted by atomic mass is 10.0. The Bertz CT molecular complexity index is 605. The van der Waals surface area contributed by atoms with Crippen LogP contribution in [0.4, 0.5) is 0 Å². The van der Waals surface area contributed by atoms with E-state index in [2.05, 4.69) is 4.99 Å². The van der Waals surface area contributed by atoms with Crippen molar-refractivity contribution < 1.29 is 14.7 Å². The number of amides is 1. The number of carboxylic acids is 1. The van der Waals surface area contributed by atoms with Crippen LogP contribution in [-0.4, -0.2) is 39.8 Å². The second-order valence-corrected chi connectivity index (χ2v) is 5.28. The summed E-state index contributed by atoms with van der Waals surface area (Å²) in [6, 6.07) is 4.54. The fourth-order valence-corrected chi connectivity index (χ4v) is 2.33. The first-order valence-electron chi connectivity index (χ1n) is 6.58. The molecule has 0 spiro atoms. The topological polar surface area (TPSA) is 70.0 Å². The van der Waals surface area contributed by atoms with Crippen molar-refractivity contribution in [2.24, 2.45) is 4.99 Å².